The zero-order valence-corrected chi connectivity index (χ0v) is 14.0. The van der Waals surface area contributed by atoms with Crippen molar-refractivity contribution >= 4 is 0 Å². The minimum absolute atomic E-state index is 0.00539. The monoisotopic (exact) mass is 303 g/mol. The average molecular weight is 303 g/mol. The van der Waals surface area contributed by atoms with Crippen molar-refractivity contribution in [3.8, 4) is 11.5 Å². The van der Waals surface area contributed by atoms with Crippen LogP contribution in [-0.4, -0.2) is 10.2 Å². The van der Waals surface area contributed by atoms with Crippen LogP contribution in [0.25, 0.3) is 0 Å². The van der Waals surface area contributed by atoms with Gasteiger partial charge in [0.2, 0.25) is 0 Å². The molecule has 0 heterocycles. The van der Waals surface area contributed by atoms with Crippen LogP contribution in [0.3, 0.4) is 0 Å². The fourth-order valence-electron chi connectivity index (χ4n) is 3.67. The topological polar surface area (TPSA) is 40.5 Å². The number of aromatic hydroxyl groups is 2. The number of benzene rings is 1. The molecule has 0 aromatic heterocycles. The van der Waals surface area contributed by atoms with Crippen LogP contribution in [0.5, 0.6) is 11.5 Å². The SMILES string of the molecule is [2H]C([2H])([2H])C1=C[C@@H](c2c(O)c(C)c(CC)c(C)c2O)[C@H](C(=C)C)CC1. The van der Waals surface area contributed by atoms with Crippen molar-refractivity contribution in [3.05, 3.63) is 46.1 Å². The predicted molar refractivity (Wildman–Crippen MR) is 92.7 cm³/mol. The lowest BCUT2D eigenvalue weighted by Crippen LogP contribution is -2.18. The molecule has 0 unspecified atom stereocenters. The first-order valence-corrected chi connectivity index (χ1v) is 7.91. The smallest absolute Gasteiger partial charge is 0.126 e. The summed E-state index contributed by atoms with van der Waals surface area (Å²) in [5.74, 6) is -0.252. The van der Waals surface area contributed by atoms with Gasteiger partial charge < -0.3 is 10.2 Å². The minimum atomic E-state index is -2.16. The quantitative estimate of drug-likeness (QED) is 0.744. The maximum absolute atomic E-state index is 10.8. The summed E-state index contributed by atoms with van der Waals surface area (Å²) in [5.41, 5.74) is 4.19. The molecule has 0 fully saturated rings. The summed E-state index contributed by atoms with van der Waals surface area (Å²) in [6.45, 7) is 9.48. The largest absolute Gasteiger partial charge is 0.507 e. The number of hydrogen-bond acceptors (Lipinski definition) is 2. The van der Waals surface area contributed by atoms with Crippen LogP contribution >= 0.6 is 0 Å². The normalized spacial score (nSPS) is 24.2. The van der Waals surface area contributed by atoms with Gasteiger partial charge in [0, 0.05) is 15.6 Å². The van der Waals surface area contributed by atoms with E-state index < -0.39 is 6.85 Å². The maximum atomic E-state index is 10.8. The molecule has 2 atom stereocenters. The number of hydrogen-bond donors (Lipinski definition) is 2. The summed E-state index contributed by atoms with van der Waals surface area (Å²) in [4.78, 5) is 0. The third-order valence-corrected chi connectivity index (χ3v) is 4.98. The molecule has 0 saturated carbocycles. The Morgan fingerprint density at radius 2 is 1.91 bits per heavy atom. The summed E-state index contributed by atoms with van der Waals surface area (Å²) in [7, 11) is 0. The van der Waals surface area contributed by atoms with Crippen molar-refractivity contribution in [1.29, 1.82) is 0 Å². The molecule has 22 heavy (non-hydrogen) atoms. The Kier molecular flexibility index (Phi) is 3.61. The lowest BCUT2D eigenvalue weighted by atomic mass is 9.73. The molecular weight excluding hydrogens is 272 g/mol. The van der Waals surface area contributed by atoms with Crippen LogP contribution in [0.1, 0.15) is 65.8 Å². The van der Waals surface area contributed by atoms with Gasteiger partial charge >= 0.3 is 0 Å². The second kappa shape index (κ2) is 6.20. The zero-order valence-electron chi connectivity index (χ0n) is 17.0. The van der Waals surface area contributed by atoms with Gasteiger partial charge in [0.05, 0.1) is 0 Å². The van der Waals surface area contributed by atoms with E-state index in [-0.39, 0.29) is 23.3 Å². The number of phenolic OH excluding ortho intramolecular Hbond substituents is 2. The van der Waals surface area contributed by atoms with E-state index in [4.69, 9.17) is 4.11 Å². The summed E-state index contributed by atoms with van der Waals surface area (Å²) in [6, 6.07) is 0. The van der Waals surface area contributed by atoms with Crippen LogP contribution in [0, 0.1) is 19.8 Å². The van der Waals surface area contributed by atoms with E-state index in [1.165, 1.54) is 0 Å². The number of allylic oxidation sites excluding steroid dienone is 3. The molecule has 1 aromatic rings. The van der Waals surface area contributed by atoms with E-state index in [9.17, 15) is 10.2 Å². The van der Waals surface area contributed by atoms with Crippen LogP contribution in [0.2, 0.25) is 0 Å². The van der Waals surface area contributed by atoms with Crippen molar-refractivity contribution < 1.29 is 14.3 Å². The molecule has 0 saturated heterocycles. The van der Waals surface area contributed by atoms with Crippen LogP contribution < -0.4 is 0 Å². The van der Waals surface area contributed by atoms with Gasteiger partial charge in [-0.1, -0.05) is 30.7 Å². The standard InChI is InChI=1S/C20H28O2/c1-7-15-13(5)19(21)18(20(22)14(15)6)17-10-12(4)8-9-16(17)11(2)3/h10,16-17,21-22H,2,7-9H2,1,3-6H3/t16-,17+/m0/s1/i4D3. The summed E-state index contributed by atoms with van der Waals surface area (Å²) in [6.07, 6.45) is 3.56. The molecule has 0 bridgehead atoms. The van der Waals surface area contributed by atoms with Gasteiger partial charge in [0.1, 0.15) is 11.5 Å². The summed E-state index contributed by atoms with van der Waals surface area (Å²) in [5, 5.41) is 21.6. The Labute approximate surface area is 138 Å². The van der Waals surface area contributed by atoms with E-state index in [1.54, 1.807) is 6.08 Å². The first kappa shape index (κ1) is 12.8. The first-order chi connectivity index (χ1) is 11.5. The molecule has 0 aliphatic heterocycles. The van der Waals surface area contributed by atoms with Gasteiger partial charge in [0.25, 0.3) is 0 Å². The van der Waals surface area contributed by atoms with Gasteiger partial charge in [0.15, 0.2) is 0 Å². The third-order valence-electron chi connectivity index (χ3n) is 4.98. The number of rotatable bonds is 3. The molecule has 2 nitrogen and oxygen atoms in total. The minimum Gasteiger partial charge on any atom is -0.507 e. The first-order valence-electron chi connectivity index (χ1n) is 9.41. The molecule has 2 N–H and O–H groups in total. The van der Waals surface area contributed by atoms with Crippen LogP contribution in [0.15, 0.2) is 23.8 Å². The molecule has 1 aromatic carbocycles. The second-order valence-corrected chi connectivity index (χ2v) is 6.40. The fraction of sp³-hybridized carbons (Fsp3) is 0.500. The molecule has 0 amide bonds. The van der Waals surface area contributed by atoms with E-state index in [0.29, 0.717) is 30.4 Å². The maximum Gasteiger partial charge on any atom is 0.126 e. The zero-order chi connectivity index (χ0) is 19.1. The molecular formula is C20H28O2. The Hall–Kier alpha value is -1.70. The highest BCUT2D eigenvalue weighted by Crippen LogP contribution is 2.49. The molecule has 1 aliphatic rings. The van der Waals surface area contributed by atoms with Gasteiger partial charge in [-0.3, -0.25) is 0 Å². The molecule has 2 heteroatoms. The molecule has 120 valence electrons. The van der Waals surface area contributed by atoms with Gasteiger partial charge in [-0.05, 0) is 69.5 Å². The Balaban J connectivity index is 2.73. The van der Waals surface area contributed by atoms with Gasteiger partial charge in [-0.25, -0.2) is 0 Å². The van der Waals surface area contributed by atoms with Crippen molar-refractivity contribution in [1.82, 2.24) is 0 Å². The predicted octanol–water partition coefficient (Wildman–Crippen LogP) is 5.29. The Morgan fingerprint density at radius 1 is 1.32 bits per heavy atom. The molecule has 2 rings (SSSR count). The molecule has 0 spiro atoms. The highest BCUT2D eigenvalue weighted by Gasteiger charge is 2.31. The van der Waals surface area contributed by atoms with E-state index in [1.807, 2.05) is 27.7 Å². The molecule has 1 aliphatic carbocycles. The van der Waals surface area contributed by atoms with E-state index >= 15 is 0 Å². The highest BCUT2D eigenvalue weighted by molar-refractivity contribution is 5.60. The second-order valence-electron chi connectivity index (χ2n) is 6.40. The average Bonchev–Trinajstić information content (AvgIpc) is 2.52. The number of phenols is 2. The third kappa shape index (κ3) is 2.67. The van der Waals surface area contributed by atoms with Gasteiger partial charge in [-0.2, -0.15) is 0 Å². The highest BCUT2D eigenvalue weighted by atomic mass is 16.3. The lowest BCUT2D eigenvalue weighted by molar-refractivity contribution is 0.402. The fourth-order valence-corrected chi connectivity index (χ4v) is 3.67. The summed E-state index contributed by atoms with van der Waals surface area (Å²) >= 11 is 0. The van der Waals surface area contributed by atoms with Crippen LogP contribution in [0.4, 0.5) is 0 Å². The Morgan fingerprint density at radius 3 is 2.36 bits per heavy atom. The van der Waals surface area contributed by atoms with Gasteiger partial charge in [-0.15, -0.1) is 0 Å². The lowest BCUT2D eigenvalue weighted by Gasteiger charge is -2.32. The van der Waals surface area contributed by atoms with Crippen LogP contribution in [-0.2, 0) is 6.42 Å². The van der Waals surface area contributed by atoms with Crippen molar-refractivity contribution in [2.45, 2.75) is 59.7 Å². The van der Waals surface area contributed by atoms with Crippen molar-refractivity contribution in [2.24, 2.45) is 5.92 Å². The molecule has 0 radical (unpaired) electrons. The van der Waals surface area contributed by atoms with Crippen molar-refractivity contribution in [3.63, 3.8) is 0 Å². The van der Waals surface area contributed by atoms with E-state index in [0.717, 1.165) is 22.3 Å². The Bertz CT molecular complexity index is 700. The van der Waals surface area contributed by atoms with E-state index in [2.05, 4.69) is 6.58 Å². The van der Waals surface area contributed by atoms with Crippen molar-refractivity contribution in [2.75, 3.05) is 0 Å². The summed E-state index contributed by atoms with van der Waals surface area (Å²) < 4.78 is 23.2.